The van der Waals surface area contributed by atoms with Gasteiger partial charge < -0.3 is 0 Å². The molecule has 1 aliphatic heterocycles. The Morgan fingerprint density at radius 1 is 0.838 bits per heavy atom. The van der Waals surface area contributed by atoms with Gasteiger partial charge >= 0.3 is 0 Å². The van der Waals surface area contributed by atoms with Gasteiger partial charge in [-0.15, -0.1) is 0 Å². The maximum Gasteiger partial charge on any atom is 0.272 e. The molecule has 4 aromatic rings. The number of hydrogen-bond acceptors (Lipinski definition) is 7. The summed E-state index contributed by atoms with van der Waals surface area (Å²) >= 11 is 0. The van der Waals surface area contributed by atoms with E-state index in [0.29, 0.717) is 29.8 Å². The number of hydrazone groups is 1. The van der Waals surface area contributed by atoms with Gasteiger partial charge in [0.15, 0.2) is 5.78 Å². The van der Waals surface area contributed by atoms with Gasteiger partial charge in [0.25, 0.3) is 5.69 Å². The topological polar surface area (TPSA) is 105 Å². The molecular formula is C29H27N5O3. The second kappa shape index (κ2) is 12.2. The molecule has 0 radical (unpaired) electrons. The van der Waals surface area contributed by atoms with Crippen LogP contribution in [0.1, 0.15) is 32.6 Å². The van der Waals surface area contributed by atoms with E-state index in [4.69, 9.17) is 5.84 Å². The van der Waals surface area contributed by atoms with Gasteiger partial charge in [0.1, 0.15) is 13.0 Å². The first-order valence-corrected chi connectivity index (χ1v) is 11.7. The number of hydrogen-bond donors (Lipinski definition) is 1. The van der Waals surface area contributed by atoms with Crippen molar-refractivity contribution >= 4 is 17.8 Å². The highest BCUT2D eigenvalue weighted by Gasteiger charge is 2.18. The molecule has 186 valence electrons. The summed E-state index contributed by atoms with van der Waals surface area (Å²) in [5, 5.41) is 18.9. The molecule has 2 N–H and O–H groups in total. The highest BCUT2D eigenvalue weighted by molar-refractivity contribution is 6.09. The molecule has 0 aromatic heterocycles. The maximum atomic E-state index is 12.6. The van der Waals surface area contributed by atoms with Crippen LogP contribution in [0, 0.1) is 10.1 Å². The van der Waals surface area contributed by atoms with Gasteiger partial charge in [0.2, 0.25) is 0 Å². The summed E-state index contributed by atoms with van der Waals surface area (Å²) in [5.74, 6) is 5.38. The molecule has 0 unspecified atom stereocenters. The SMILES string of the molecule is NN1C=NN(Cc2ccccc2)C1.O=C(c1ccccc1)c1ccc([N+](=O)[O-])c(Cc2ccccc2)c1. The average molecular weight is 494 g/mol. The van der Waals surface area contributed by atoms with Gasteiger partial charge in [-0.2, -0.15) is 5.10 Å². The van der Waals surface area contributed by atoms with Crippen molar-refractivity contribution in [3.63, 3.8) is 0 Å². The summed E-state index contributed by atoms with van der Waals surface area (Å²) in [6, 6.07) is 33.2. The van der Waals surface area contributed by atoms with E-state index in [1.54, 1.807) is 41.7 Å². The molecule has 0 atom stereocenters. The lowest BCUT2D eigenvalue weighted by atomic mass is 9.97. The number of hydrazine groups is 1. The Hall–Kier alpha value is -4.82. The van der Waals surface area contributed by atoms with E-state index in [-0.39, 0.29) is 11.5 Å². The number of ketones is 1. The molecule has 0 spiro atoms. The van der Waals surface area contributed by atoms with Crippen LogP contribution in [0.4, 0.5) is 5.69 Å². The Kier molecular flexibility index (Phi) is 8.36. The van der Waals surface area contributed by atoms with Crippen molar-refractivity contribution in [2.45, 2.75) is 13.0 Å². The first-order valence-electron chi connectivity index (χ1n) is 11.7. The first kappa shape index (κ1) is 25.3. The lowest BCUT2D eigenvalue weighted by Gasteiger charge is -2.14. The number of nitrogens with two attached hydrogens (primary N) is 1. The predicted octanol–water partition coefficient (Wildman–Crippen LogP) is 5.00. The standard InChI is InChI=1S/C20H15NO3.C9H12N4/c22-20(16-9-5-2-6-10-16)17-11-12-19(21(23)24)18(14-17)13-15-7-3-1-4-8-15;10-12-7-11-13(8-12)6-9-4-2-1-3-5-9/h1-12,14H,13H2;1-5,7H,6,8,10H2. The minimum atomic E-state index is -0.408. The van der Waals surface area contributed by atoms with Crippen LogP contribution in [0.3, 0.4) is 0 Å². The molecule has 1 aliphatic rings. The summed E-state index contributed by atoms with van der Waals surface area (Å²) in [5.41, 5.74) is 3.80. The van der Waals surface area contributed by atoms with Gasteiger partial charge in [-0.25, -0.2) is 5.84 Å². The molecule has 5 rings (SSSR count). The van der Waals surface area contributed by atoms with E-state index in [9.17, 15) is 14.9 Å². The largest absolute Gasteiger partial charge is 0.289 e. The van der Waals surface area contributed by atoms with Crippen LogP contribution in [0.5, 0.6) is 0 Å². The first-order chi connectivity index (χ1) is 18.0. The van der Waals surface area contributed by atoms with Crippen molar-refractivity contribution in [3.05, 3.63) is 147 Å². The fourth-order valence-corrected chi connectivity index (χ4v) is 3.90. The molecule has 0 bridgehead atoms. The third-order valence-corrected chi connectivity index (χ3v) is 5.71. The Balaban J connectivity index is 0.000000207. The number of benzene rings is 4. The lowest BCUT2D eigenvalue weighted by Crippen LogP contribution is -2.31. The zero-order valence-corrected chi connectivity index (χ0v) is 20.2. The van der Waals surface area contributed by atoms with Crippen molar-refractivity contribution in [1.82, 2.24) is 10.0 Å². The van der Waals surface area contributed by atoms with E-state index in [1.165, 1.54) is 17.7 Å². The van der Waals surface area contributed by atoms with Crippen molar-refractivity contribution < 1.29 is 9.72 Å². The third-order valence-electron chi connectivity index (χ3n) is 5.71. The van der Waals surface area contributed by atoms with Crippen LogP contribution >= 0.6 is 0 Å². The van der Waals surface area contributed by atoms with Crippen molar-refractivity contribution in [2.75, 3.05) is 6.67 Å². The fraction of sp³-hybridized carbons (Fsp3) is 0.103. The van der Waals surface area contributed by atoms with Gasteiger partial charge in [-0.3, -0.25) is 24.9 Å². The molecule has 8 nitrogen and oxygen atoms in total. The molecule has 37 heavy (non-hydrogen) atoms. The van der Waals surface area contributed by atoms with Crippen LogP contribution < -0.4 is 5.84 Å². The molecular weight excluding hydrogens is 466 g/mol. The Labute approximate surface area is 215 Å². The molecule has 4 aromatic carbocycles. The van der Waals surface area contributed by atoms with Crippen LogP contribution in [0.15, 0.2) is 114 Å². The quantitative estimate of drug-likeness (QED) is 0.168. The minimum Gasteiger partial charge on any atom is -0.289 e. The summed E-state index contributed by atoms with van der Waals surface area (Å²) < 4.78 is 0. The van der Waals surface area contributed by atoms with Gasteiger partial charge in [0.05, 0.1) is 11.5 Å². The number of nitro benzene ring substituents is 1. The lowest BCUT2D eigenvalue weighted by molar-refractivity contribution is -0.385. The highest BCUT2D eigenvalue weighted by atomic mass is 16.6. The molecule has 0 aliphatic carbocycles. The molecule has 0 saturated carbocycles. The van der Waals surface area contributed by atoms with Crippen molar-refractivity contribution in [3.8, 4) is 0 Å². The summed E-state index contributed by atoms with van der Waals surface area (Å²) in [7, 11) is 0. The minimum absolute atomic E-state index is 0.0310. The third kappa shape index (κ3) is 7.09. The monoisotopic (exact) mass is 493 g/mol. The summed E-state index contributed by atoms with van der Waals surface area (Å²) in [6.45, 7) is 1.47. The highest BCUT2D eigenvalue weighted by Crippen LogP contribution is 2.24. The Morgan fingerprint density at radius 2 is 1.43 bits per heavy atom. The van der Waals surface area contributed by atoms with Crippen LogP contribution in [-0.2, 0) is 13.0 Å². The number of rotatable bonds is 7. The zero-order chi connectivity index (χ0) is 26.0. The van der Waals surface area contributed by atoms with E-state index >= 15 is 0 Å². The number of carbonyl (C=O) groups excluding carboxylic acids is 1. The molecule has 0 amide bonds. The van der Waals surface area contributed by atoms with Crippen molar-refractivity contribution in [2.24, 2.45) is 10.9 Å². The number of nitrogens with zero attached hydrogens (tertiary/aromatic N) is 4. The van der Waals surface area contributed by atoms with Gasteiger partial charge in [-0.1, -0.05) is 91.0 Å². The Morgan fingerprint density at radius 3 is 2.00 bits per heavy atom. The van der Waals surface area contributed by atoms with E-state index in [2.05, 4.69) is 17.2 Å². The zero-order valence-electron chi connectivity index (χ0n) is 20.2. The second-order valence-corrected chi connectivity index (χ2v) is 8.49. The number of nitro groups is 1. The number of carbonyl (C=O) groups is 1. The average Bonchev–Trinajstić information content (AvgIpc) is 3.34. The normalized spacial score (nSPS) is 12.1. The van der Waals surface area contributed by atoms with Crippen LogP contribution in [0.2, 0.25) is 0 Å². The molecule has 0 fully saturated rings. The van der Waals surface area contributed by atoms with Gasteiger partial charge in [0, 0.05) is 29.2 Å². The van der Waals surface area contributed by atoms with Crippen LogP contribution in [-0.4, -0.2) is 33.7 Å². The maximum absolute atomic E-state index is 12.6. The van der Waals surface area contributed by atoms with Crippen molar-refractivity contribution in [1.29, 1.82) is 0 Å². The summed E-state index contributed by atoms with van der Waals surface area (Å²) in [4.78, 5) is 23.4. The molecule has 8 heteroatoms. The van der Waals surface area contributed by atoms with E-state index < -0.39 is 4.92 Å². The fourth-order valence-electron chi connectivity index (χ4n) is 3.90. The van der Waals surface area contributed by atoms with Crippen LogP contribution in [0.25, 0.3) is 0 Å². The molecule has 0 saturated heterocycles. The Bertz CT molecular complexity index is 1360. The molecule has 1 heterocycles. The van der Waals surface area contributed by atoms with E-state index in [1.807, 2.05) is 59.6 Å². The summed E-state index contributed by atoms with van der Waals surface area (Å²) in [6.07, 6.45) is 2.04. The van der Waals surface area contributed by atoms with Gasteiger partial charge in [-0.05, 0) is 23.3 Å². The predicted molar refractivity (Wildman–Crippen MR) is 144 cm³/mol. The smallest absolute Gasteiger partial charge is 0.272 e. The second-order valence-electron chi connectivity index (χ2n) is 8.49. The van der Waals surface area contributed by atoms with E-state index in [0.717, 1.165) is 12.1 Å².